The number of hydrazone groups is 1. The molecule has 3 rings (SSSR count). The number of ether oxygens (including phenoxy) is 2. The fourth-order valence-corrected chi connectivity index (χ4v) is 2.95. The Morgan fingerprint density at radius 1 is 1.06 bits per heavy atom. The predicted molar refractivity (Wildman–Crippen MR) is 127 cm³/mol. The van der Waals surface area contributed by atoms with Gasteiger partial charge in [-0.05, 0) is 54.6 Å². The van der Waals surface area contributed by atoms with Crippen LogP contribution >= 0.6 is 23.2 Å². The van der Waals surface area contributed by atoms with Crippen molar-refractivity contribution in [3.63, 3.8) is 0 Å². The molecule has 0 saturated heterocycles. The molecular weight excluding hydrogens is 469 g/mol. The first-order valence-electron chi connectivity index (χ1n) is 9.54. The van der Waals surface area contributed by atoms with Crippen molar-refractivity contribution in [2.24, 2.45) is 5.10 Å². The smallest absolute Gasteiger partial charge is 0.271 e. The monoisotopic (exact) mass is 487 g/mol. The van der Waals surface area contributed by atoms with Gasteiger partial charge in [0.2, 0.25) is 0 Å². The lowest BCUT2D eigenvalue weighted by atomic mass is 10.2. The van der Waals surface area contributed by atoms with Crippen molar-refractivity contribution in [1.82, 2.24) is 5.43 Å². The number of carbonyl (C=O) groups excluding carboxylic acids is 2. The van der Waals surface area contributed by atoms with Crippen molar-refractivity contribution in [3.8, 4) is 17.2 Å². The van der Waals surface area contributed by atoms with Gasteiger partial charge in [-0.2, -0.15) is 5.10 Å². The molecule has 170 valence electrons. The van der Waals surface area contributed by atoms with Crippen LogP contribution in [-0.2, 0) is 4.79 Å². The molecule has 3 aromatic carbocycles. The lowest BCUT2D eigenvalue weighted by Crippen LogP contribution is -2.20. The predicted octanol–water partition coefficient (Wildman–Crippen LogP) is 4.49. The number of hydrogen-bond acceptors (Lipinski definition) is 6. The minimum atomic E-state index is -0.503. The highest BCUT2D eigenvalue weighted by atomic mass is 35.5. The third-order valence-electron chi connectivity index (χ3n) is 4.28. The van der Waals surface area contributed by atoms with Gasteiger partial charge in [0, 0.05) is 27.9 Å². The number of benzene rings is 3. The third kappa shape index (κ3) is 6.86. The molecule has 2 amide bonds. The average molecular weight is 488 g/mol. The van der Waals surface area contributed by atoms with E-state index in [0.29, 0.717) is 27.8 Å². The number of halogens is 2. The first-order valence-corrected chi connectivity index (χ1v) is 10.3. The molecule has 33 heavy (non-hydrogen) atoms. The van der Waals surface area contributed by atoms with Crippen molar-refractivity contribution in [2.75, 3.05) is 19.0 Å². The van der Waals surface area contributed by atoms with Gasteiger partial charge in [-0.1, -0.05) is 23.2 Å². The van der Waals surface area contributed by atoms with E-state index in [1.165, 1.54) is 31.5 Å². The molecule has 0 spiro atoms. The number of carbonyl (C=O) groups is 2. The van der Waals surface area contributed by atoms with E-state index >= 15 is 0 Å². The Labute approximate surface area is 199 Å². The van der Waals surface area contributed by atoms with Crippen LogP contribution in [0.3, 0.4) is 0 Å². The Kier molecular flexibility index (Phi) is 8.12. The van der Waals surface area contributed by atoms with Crippen molar-refractivity contribution >= 4 is 46.9 Å². The van der Waals surface area contributed by atoms with Crippen LogP contribution in [0, 0.1) is 0 Å². The molecule has 3 N–H and O–H groups in total. The van der Waals surface area contributed by atoms with E-state index in [0.717, 1.165) is 0 Å². The summed E-state index contributed by atoms with van der Waals surface area (Å²) < 4.78 is 10.8. The van der Waals surface area contributed by atoms with Gasteiger partial charge in [-0.15, -0.1) is 0 Å². The van der Waals surface area contributed by atoms with Gasteiger partial charge >= 0.3 is 0 Å². The average Bonchev–Trinajstić information content (AvgIpc) is 2.81. The van der Waals surface area contributed by atoms with Crippen molar-refractivity contribution in [2.45, 2.75) is 0 Å². The molecule has 0 aliphatic rings. The normalized spacial score (nSPS) is 10.6. The summed E-state index contributed by atoms with van der Waals surface area (Å²) in [5, 5.41) is 16.7. The van der Waals surface area contributed by atoms with Crippen LogP contribution < -0.4 is 20.2 Å². The van der Waals surface area contributed by atoms with Crippen LogP contribution in [0.2, 0.25) is 10.0 Å². The molecule has 0 bridgehead atoms. The molecule has 10 heteroatoms. The fraction of sp³-hybridized carbons (Fsp3) is 0.0870. The van der Waals surface area contributed by atoms with Crippen molar-refractivity contribution in [1.29, 1.82) is 0 Å². The molecular formula is C23H19Cl2N3O5. The van der Waals surface area contributed by atoms with Crippen LogP contribution in [0.5, 0.6) is 17.2 Å². The zero-order chi connectivity index (χ0) is 23.8. The standard InChI is InChI=1S/C23H19Cl2N3O5/c1-32-21-11-17(27-22(30)13-33-18-7-4-16(24)5-8-18)6-2-15(21)12-26-28-23(31)14-3-9-20(29)19(25)10-14/h2-12,29H,13H2,1H3,(H,27,30)(H,28,31)/b26-12+. The number of phenolic OH excluding ortho intramolecular Hbond substituents is 1. The second kappa shape index (κ2) is 11.2. The second-order valence-electron chi connectivity index (χ2n) is 6.61. The van der Waals surface area contributed by atoms with Gasteiger partial charge in [0.25, 0.3) is 11.8 Å². The molecule has 3 aromatic rings. The van der Waals surface area contributed by atoms with Crippen LogP contribution in [-0.4, -0.2) is 36.9 Å². The van der Waals surface area contributed by atoms with E-state index in [-0.39, 0.29) is 28.8 Å². The molecule has 0 aliphatic heterocycles. The van der Waals surface area contributed by atoms with E-state index < -0.39 is 5.91 Å². The number of hydrogen-bond donors (Lipinski definition) is 3. The van der Waals surface area contributed by atoms with Crippen molar-refractivity contribution < 1.29 is 24.2 Å². The summed E-state index contributed by atoms with van der Waals surface area (Å²) in [6.45, 7) is -0.180. The van der Waals surface area contributed by atoms with Gasteiger partial charge < -0.3 is 19.9 Å². The number of aromatic hydroxyl groups is 1. The number of rotatable bonds is 8. The molecule has 0 radical (unpaired) electrons. The van der Waals surface area contributed by atoms with Gasteiger partial charge in [0.15, 0.2) is 6.61 Å². The Hall–Kier alpha value is -3.75. The van der Waals surface area contributed by atoms with Crippen LogP contribution in [0.4, 0.5) is 5.69 Å². The Morgan fingerprint density at radius 3 is 2.52 bits per heavy atom. The Bertz CT molecular complexity index is 1180. The topological polar surface area (TPSA) is 109 Å². The minimum Gasteiger partial charge on any atom is -0.506 e. The number of anilines is 1. The number of methoxy groups -OCH3 is 1. The largest absolute Gasteiger partial charge is 0.506 e. The molecule has 0 unspecified atom stereocenters. The van der Waals surface area contributed by atoms with Crippen LogP contribution in [0.1, 0.15) is 15.9 Å². The molecule has 0 aliphatic carbocycles. The van der Waals surface area contributed by atoms with Gasteiger partial charge in [0.05, 0.1) is 18.3 Å². The number of amides is 2. The van der Waals surface area contributed by atoms with Crippen LogP contribution in [0.15, 0.2) is 65.8 Å². The highest BCUT2D eigenvalue weighted by molar-refractivity contribution is 6.32. The van der Waals surface area contributed by atoms with E-state index in [4.69, 9.17) is 32.7 Å². The van der Waals surface area contributed by atoms with E-state index in [9.17, 15) is 14.7 Å². The van der Waals surface area contributed by atoms with Gasteiger partial charge in [-0.25, -0.2) is 5.43 Å². The fourth-order valence-electron chi connectivity index (χ4n) is 2.65. The summed E-state index contributed by atoms with van der Waals surface area (Å²) in [7, 11) is 1.47. The summed E-state index contributed by atoms with van der Waals surface area (Å²) in [4.78, 5) is 24.3. The summed E-state index contributed by atoms with van der Waals surface area (Å²) in [6.07, 6.45) is 1.40. The highest BCUT2D eigenvalue weighted by Gasteiger charge is 2.09. The third-order valence-corrected chi connectivity index (χ3v) is 4.84. The number of nitrogens with zero attached hydrogens (tertiary/aromatic N) is 1. The first kappa shape index (κ1) is 23.9. The highest BCUT2D eigenvalue weighted by Crippen LogP contribution is 2.24. The molecule has 8 nitrogen and oxygen atoms in total. The maximum atomic E-state index is 12.2. The maximum absolute atomic E-state index is 12.2. The van der Waals surface area contributed by atoms with E-state index in [2.05, 4.69) is 15.8 Å². The number of phenols is 1. The van der Waals surface area contributed by atoms with Gasteiger partial charge in [0.1, 0.15) is 17.2 Å². The lowest BCUT2D eigenvalue weighted by Gasteiger charge is -2.10. The summed E-state index contributed by atoms with van der Waals surface area (Å²) >= 11 is 11.6. The molecule has 0 heterocycles. The Morgan fingerprint density at radius 2 is 1.82 bits per heavy atom. The quantitative estimate of drug-likeness (QED) is 0.320. The van der Waals surface area contributed by atoms with Gasteiger partial charge in [-0.3, -0.25) is 9.59 Å². The van der Waals surface area contributed by atoms with E-state index in [1.807, 2.05) is 0 Å². The SMILES string of the molecule is COc1cc(NC(=O)COc2ccc(Cl)cc2)ccc1/C=N/NC(=O)c1ccc(O)c(Cl)c1. The molecule has 0 atom stereocenters. The Balaban J connectivity index is 1.58. The van der Waals surface area contributed by atoms with Crippen LogP contribution in [0.25, 0.3) is 0 Å². The maximum Gasteiger partial charge on any atom is 0.271 e. The minimum absolute atomic E-state index is 0.0597. The summed E-state index contributed by atoms with van der Waals surface area (Å²) in [6, 6.07) is 15.7. The zero-order valence-electron chi connectivity index (χ0n) is 17.3. The lowest BCUT2D eigenvalue weighted by molar-refractivity contribution is -0.118. The summed E-state index contributed by atoms with van der Waals surface area (Å²) in [5.74, 6) is -0.0254. The molecule has 0 aromatic heterocycles. The zero-order valence-corrected chi connectivity index (χ0v) is 18.9. The molecule has 0 saturated carbocycles. The van der Waals surface area contributed by atoms with E-state index in [1.54, 1.807) is 42.5 Å². The second-order valence-corrected chi connectivity index (χ2v) is 7.46. The summed E-state index contributed by atoms with van der Waals surface area (Å²) in [5.41, 5.74) is 3.67. The first-order chi connectivity index (χ1) is 15.9. The van der Waals surface area contributed by atoms with Crippen molar-refractivity contribution in [3.05, 3.63) is 81.8 Å². The number of nitrogens with one attached hydrogen (secondary N) is 2. The molecule has 0 fully saturated rings.